The predicted molar refractivity (Wildman–Crippen MR) is 142 cm³/mol. The van der Waals surface area contributed by atoms with Crippen LogP contribution in [0.5, 0.6) is 11.5 Å². The number of para-hydroxylation sites is 1. The molecular weight excluding hydrogens is 552 g/mol. The van der Waals surface area contributed by atoms with E-state index in [0.717, 1.165) is 27.2 Å². The summed E-state index contributed by atoms with van der Waals surface area (Å²) in [6.07, 6.45) is 0. The fraction of sp³-hybridized carbons (Fsp3) is 0.333. The fourth-order valence-corrected chi connectivity index (χ4v) is 9.72. The average Bonchev–Trinajstić information content (AvgIpc) is 2.99. The first-order valence-electron chi connectivity index (χ1n) is 11.2. The molecule has 0 saturated heterocycles. The molecule has 0 atom stereocenters. The monoisotopic (exact) mass is 584 g/mol. The topological polar surface area (TPSA) is 118 Å². The molecule has 0 radical (unpaired) electrons. The second kappa shape index (κ2) is 26.5. The van der Waals surface area contributed by atoms with Crippen molar-refractivity contribution in [3.8, 4) is 23.0 Å². The first kappa shape index (κ1) is 43.0. The average molecular weight is 585 g/mol. The van der Waals surface area contributed by atoms with E-state index in [-0.39, 0.29) is 0 Å². The van der Waals surface area contributed by atoms with Gasteiger partial charge >= 0.3 is 242 Å². The Morgan fingerprint density at radius 3 is 1.51 bits per heavy atom. The third-order valence-corrected chi connectivity index (χ3v) is 12.5. The van der Waals surface area contributed by atoms with E-state index in [4.69, 9.17) is 32.7 Å². The number of hydrogen-bond acceptors (Lipinski definition) is 2. The summed E-state index contributed by atoms with van der Waals surface area (Å²) in [5.74, 6) is 5.12. The molecule has 0 fully saturated rings. The molecule has 39 heavy (non-hydrogen) atoms. The van der Waals surface area contributed by atoms with Crippen LogP contribution in [0, 0.1) is 44.7 Å². The zero-order valence-electron chi connectivity index (χ0n) is 23.1. The summed E-state index contributed by atoms with van der Waals surface area (Å²) in [4.78, 5) is 0. The van der Waals surface area contributed by atoms with Crippen molar-refractivity contribution in [1.82, 2.24) is 0 Å². The summed E-state index contributed by atoms with van der Waals surface area (Å²) in [5.41, 5.74) is 7.51. The van der Waals surface area contributed by atoms with E-state index >= 15 is 0 Å². The molecule has 2 aromatic carbocycles. The molecule has 0 aliphatic carbocycles. The molecule has 0 heterocycles. The van der Waals surface area contributed by atoms with Gasteiger partial charge in [-0.25, -0.2) is 0 Å². The van der Waals surface area contributed by atoms with Gasteiger partial charge in [-0.1, -0.05) is 0 Å². The van der Waals surface area contributed by atoms with E-state index in [2.05, 4.69) is 102 Å². The molecule has 2 rings (SSSR count). The van der Waals surface area contributed by atoms with Crippen LogP contribution in [0.1, 0.15) is 52.7 Å². The summed E-state index contributed by atoms with van der Waals surface area (Å²) in [7, 11) is -0.128. The van der Waals surface area contributed by atoms with Crippen molar-refractivity contribution in [2.45, 2.75) is 58.2 Å². The van der Waals surface area contributed by atoms with Crippen LogP contribution < -0.4 is 9.47 Å². The Labute approximate surface area is 241 Å². The van der Waals surface area contributed by atoms with Crippen LogP contribution in [0.3, 0.4) is 0 Å². The van der Waals surface area contributed by atoms with Crippen LogP contribution in [0.15, 0.2) is 48.5 Å². The zero-order chi connectivity index (χ0) is 31.6. The first-order valence-corrected chi connectivity index (χ1v) is 14.1. The van der Waals surface area contributed by atoms with E-state index in [9.17, 15) is 0 Å². The van der Waals surface area contributed by atoms with Crippen molar-refractivity contribution in [1.29, 1.82) is 0 Å². The fourth-order valence-electron chi connectivity index (χ4n) is 4.15. The van der Waals surface area contributed by atoms with Gasteiger partial charge in [0.2, 0.25) is 0 Å². The second-order valence-corrected chi connectivity index (χ2v) is 14.4. The maximum absolute atomic E-state index is 7.50. The van der Waals surface area contributed by atoms with Gasteiger partial charge in [-0.2, -0.15) is 0 Å². The standard InChI is InChI=1S/C25H32O2Si.5CO.Cr/c1-19(2)28(20(3)4,21(5)6)17-16-23-10-8-9-11-25(23)27-18-22-12-14-24(26-7)15-13-22;5*1-2;/h8-15,19-21H,1-7H3;;;;;;. The molecule has 0 aliphatic heterocycles. The van der Waals surface area contributed by atoms with Gasteiger partial charge in [0.15, 0.2) is 0 Å². The third-order valence-electron chi connectivity index (χ3n) is 5.70. The number of benzene rings is 2. The number of hydrogen-bond donors (Lipinski definition) is 0. The third kappa shape index (κ3) is 14.0. The molecule has 9 heteroatoms. The SMILES string of the molecule is COc1ccc([C](=[Cr])Oc2ccccc2C#C[Si](C(C)C)(C(C)C)C(C)C)cc1.[C-]#[O+].[C-]#[O+].[C-]#[O+].[C-]#[O+].[C-]#[O+]. The molecule has 0 unspecified atom stereocenters. The summed E-state index contributed by atoms with van der Waals surface area (Å²) in [6, 6.07) is 15.8. The molecule has 0 amide bonds. The second-order valence-electron chi connectivity index (χ2n) is 8.26. The Kier molecular flexibility index (Phi) is 29.2. The maximum atomic E-state index is 7.50. The van der Waals surface area contributed by atoms with E-state index in [1.54, 1.807) is 7.11 Å². The van der Waals surface area contributed by atoms with Crippen LogP contribution in [0.4, 0.5) is 0 Å². The Morgan fingerprint density at radius 2 is 1.13 bits per heavy atom. The van der Waals surface area contributed by atoms with E-state index < -0.39 is 8.07 Å². The van der Waals surface area contributed by atoms with E-state index in [0.29, 0.717) is 16.6 Å². The van der Waals surface area contributed by atoms with Crippen LogP contribution >= 0.6 is 0 Å². The van der Waals surface area contributed by atoms with Crippen LogP contribution in [0.2, 0.25) is 16.6 Å². The van der Waals surface area contributed by atoms with Crippen LogP contribution in [0.25, 0.3) is 0 Å². The predicted octanol–water partition coefficient (Wildman–Crippen LogP) is 6.18. The molecule has 7 nitrogen and oxygen atoms in total. The van der Waals surface area contributed by atoms with E-state index in [1.807, 2.05) is 48.5 Å². The van der Waals surface area contributed by atoms with Crippen molar-refractivity contribution in [3.05, 3.63) is 92.9 Å². The Bertz CT molecular complexity index is 1060. The number of ether oxygens (including phenoxy) is 2. The van der Waals surface area contributed by atoms with Crippen molar-refractivity contribution in [2.24, 2.45) is 0 Å². The van der Waals surface area contributed by atoms with Crippen LogP contribution in [-0.2, 0) is 39.1 Å². The molecule has 0 spiro atoms. The van der Waals surface area contributed by atoms with Crippen molar-refractivity contribution in [3.63, 3.8) is 0 Å². The van der Waals surface area contributed by atoms with Gasteiger partial charge in [0.05, 0.1) is 0 Å². The Balaban J connectivity index is -0.000000549. The zero-order valence-corrected chi connectivity index (χ0v) is 25.4. The summed E-state index contributed by atoms with van der Waals surface area (Å²) < 4.78 is 49.6. The molecule has 0 saturated carbocycles. The summed E-state index contributed by atoms with van der Waals surface area (Å²) in [5, 5.41) is 0. The number of rotatable bonds is 7. The summed E-state index contributed by atoms with van der Waals surface area (Å²) in [6.45, 7) is 36.5. The van der Waals surface area contributed by atoms with Crippen molar-refractivity contribution < 1.29 is 48.6 Å². The minimum absolute atomic E-state index is 0.601. The molecule has 0 aliphatic rings. The molecule has 0 bridgehead atoms. The van der Waals surface area contributed by atoms with Gasteiger partial charge in [0.1, 0.15) is 0 Å². The first-order chi connectivity index (χ1) is 18.7. The van der Waals surface area contributed by atoms with Gasteiger partial charge in [-0.05, 0) is 0 Å². The Morgan fingerprint density at radius 1 is 0.718 bits per heavy atom. The van der Waals surface area contributed by atoms with Gasteiger partial charge in [-0.15, -0.1) is 0 Å². The quantitative estimate of drug-likeness (QED) is 0.167. The van der Waals surface area contributed by atoms with Crippen molar-refractivity contribution >= 4 is 12.6 Å². The molecule has 204 valence electrons. The van der Waals surface area contributed by atoms with Crippen LogP contribution in [-0.4, -0.2) is 19.7 Å². The molecule has 0 N–H and O–H groups in total. The normalized spacial score (nSPS) is 8.72. The van der Waals surface area contributed by atoms with Gasteiger partial charge in [0, 0.05) is 0 Å². The summed E-state index contributed by atoms with van der Waals surface area (Å²) >= 11 is 3.05. The molecule has 0 aromatic heterocycles. The van der Waals surface area contributed by atoms with Gasteiger partial charge in [-0.3, -0.25) is 0 Å². The molecule has 2 aromatic rings. The van der Waals surface area contributed by atoms with Gasteiger partial charge < -0.3 is 0 Å². The Hall–Kier alpha value is -3.08. The minimum atomic E-state index is -1.79. The van der Waals surface area contributed by atoms with E-state index in [1.165, 1.54) is 0 Å². The van der Waals surface area contributed by atoms with Gasteiger partial charge in [0.25, 0.3) is 0 Å². The number of methoxy groups -OCH3 is 1. The van der Waals surface area contributed by atoms with Crippen molar-refractivity contribution in [2.75, 3.05) is 7.11 Å². The molecular formula is C30H32CrO7Si.